The normalized spacial score (nSPS) is 13.2. The van der Waals surface area contributed by atoms with Crippen LogP contribution in [0.1, 0.15) is 24.5 Å². The SMILES string of the molecule is C=C(C)C(CCOS(=O)(=O)c1ccc(C)cc1)NS(=O)(=O)c1ccc(C)cc1. The molecule has 1 unspecified atom stereocenters. The standard InChI is InChI=1S/C20H25NO5S2/c1-15(2)20(21-27(22,23)18-9-5-16(3)6-10-18)13-14-26-28(24,25)19-11-7-17(4)8-12-19/h5-12,20-21H,1,13-14H2,2-4H3. The third-order valence-electron chi connectivity index (χ3n) is 4.18. The second-order valence-corrected chi connectivity index (χ2v) is 10.0. The average molecular weight is 424 g/mol. The highest BCUT2D eigenvalue weighted by atomic mass is 32.2. The van der Waals surface area contributed by atoms with Crippen LogP contribution in [0.15, 0.2) is 70.5 Å². The van der Waals surface area contributed by atoms with Crippen molar-refractivity contribution >= 4 is 20.1 Å². The molecule has 0 aromatic heterocycles. The molecule has 0 spiro atoms. The highest BCUT2D eigenvalue weighted by molar-refractivity contribution is 7.89. The van der Waals surface area contributed by atoms with Gasteiger partial charge in [-0.25, -0.2) is 13.1 Å². The Kier molecular flexibility index (Phi) is 7.16. The Morgan fingerprint density at radius 1 is 0.929 bits per heavy atom. The van der Waals surface area contributed by atoms with Gasteiger partial charge in [-0.1, -0.05) is 47.5 Å². The van der Waals surface area contributed by atoms with E-state index in [1.54, 1.807) is 31.2 Å². The summed E-state index contributed by atoms with van der Waals surface area (Å²) < 4.78 is 57.2. The topological polar surface area (TPSA) is 89.5 Å². The van der Waals surface area contributed by atoms with Crippen molar-refractivity contribution in [3.05, 3.63) is 71.8 Å². The van der Waals surface area contributed by atoms with Crippen molar-refractivity contribution in [3.8, 4) is 0 Å². The zero-order valence-electron chi connectivity index (χ0n) is 16.2. The van der Waals surface area contributed by atoms with Crippen molar-refractivity contribution in [2.45, 2.75) is 43.0 Å². The zero-order chi connectivity index (χ0) is 20.9. The van der Waals surface area contributed by atoms with Crippen molar-refractivity contribution in [1.29, 1.82) is 0 Å². The van der Waals surface area contributed by atoms with E-state index in [1.165, 1.54) is 24.3 Å². The van der Waals surface area contributed by atoms with Crippen LogP contribution in [0.5, 0.6) is 0 Å². The first-order valence-electron chi connectivity index (χ1n) is 8.72. The molecule has 0 aliphatic carbocycles. The number of rotatable bonds is 9. The van der Waals surface area contributed by atoms with Crippen LogP contribution in [-0.4, -0.2) is 29.5 Å². The third kappa shape index (κ3) is 6.00. The molecule has 0 saturated heterocycles. The maximum absolute atomic E-state index is 12.6. The fourth-order valence-corrected chi connectivity index (χ4v) is 4.67. The van der Waals surface area contributed by atoms with E-state index in [1.807, 2.05) is 13.8 Å². The Morgan fingerprint density at radius 2 is 1.39 bits per heavy atom. The molecule has 2 rings (SSSR count). The maximum atomic E-state index is 12.6. The Labute approximate surface area is 167 Å². The van der Waals surface area contributed by atoms with E-state index in [2.05, 4.69) is 11.3 Å². The van der Waals surface area contributed by atoms with E-state index in [0.717, 1.165) is 11.1 Å². The van der Waals surface area contributed by atoms with E-state index in [-0.39, 0.29) is 22.8 Å². The van der Waals surface area contributed by atoms with Crippen molar-refractivity contribution < 1.29 is 21.0 Å². The van der Waals surface area contributed by atoms with Gasteiger partial charge in [0.05, 0.1) is 16.4 Å². The van der Waals surface area contributed by atoms with Gasteiger partial charge in [0.15, 0.2) is 0 Å². The smallest absolute Gasteiger partial charge is 0.266 e. The summed E-state index contributed by atoms with van der Waals surface area (Å²) in [6.45, 7) is 9.02. The van der Waals surface area contributed by atoms with Gasteiger partial charge in [-0.05, 0) is 51.5 Å². The molecule has 1 atom stereocenters. The van der Waals surface area contributed by atoms with Gasteiger partial charge >= 0.3 is 0 Å². The third-order valence-corrected chi connectivity index (χ3v) is 6.99. The molecule has 0 saturated carbocycles. The summed E-state index contributed by atoms with van der Waals surface area (Å²) in [7, 11) is -7.67. The van der Waals surface area contributed by atoms with Gasteiger partial charge in [0, 0.05) is 6.04 Å². The first-order chi connectivity index (χ1) is 13.0. The van der Waals surface area contributed by atoms with Crippen LogP contribution >= 0.6 is 0 Å². The molecule has 6 nitrogen and oxygen atoms in total. The second-order valence-electron chi connectivity index (χ2n) is 6.71. The van der Waals surface area contributed by atoms with Crippen molar-refractivity contribution in [3.63, 3.8) is 0 Å². The van der Waals surface area contributed by atoms with Crippen LogP contribution in [0.4, 0.5) is 0 Å². The van der Waals surface area contributed by atoms with Gasteiger partial charge in [-0.15, -0.1) is 0 Å². The summed E-state index contributed by atoms with van der Waals surface area (Å²) in [6, 6.07) is 12.1. The lowest BCUT2D eigenvalue weighted by Crippen LogP contribution is -2.36. The Hall–Kier alpha value is -2.00. The lowest BCUT2D eigenvalue weighted by atomic mass is 10.1. The second kappa shape index (κ2) is 9.00. The minimum atomic E-state index is -3.91. The molecule has 0 amide bonds. The number of benzene rings is 2. The molecular formula is C20H25NO5S2. The summed E-state index contributed by atoms with van der Waals surface area (Å²) in [5, 5.41) is 0. The Morgan fingerprint density at radius 3 is 1.86 bits per heavy atom. The minimum absolute atomic E-state index is 0.0604. The molecule has 2 aromatic carbocycles. The predicted octanol–water partition coefficient (Wildman–Crippen LogP) is 3.32. The van der Waals surface area contributed by atoms with E-state index in [0.29, 0.717) is 5.57 Å². The molecule has 8 heteroatoms. The number of sulfonamides is 1. The van der Waals surface area contributed by atoms with Crippen molar-refractivity contribution in [1.82, 2.24) is 4.72 Å². The van der Waals surface area contributed by atoms with Crippen molar-refractivity contribution in [2.75, 3.05) is 6.61 Å². The van der Waals surface area contributed by atoms with Crippen LogP contribution in [0, 0.1) is 13.8 Å². The molecule has 0 heterocycles. The van der Waals surface area contributed by atoms with Crippen LogP contribution in [0.3, 0.4) is 0 Å². The van der Waals surface area contributed by atoms with Crippen LogP contribution < -0.4 is 4.72 Å². The number of aryl methyl sites for hydroxylation is 2. The molecule has 0 aliphatic rings. The molecular weight excluding hydrogens is 398 g/mol. The lowest BCUT2D eigenvalue weighted by molar-refractivity contribution is 0.302. The largest absolute Gasteiger partial charge is 0.296 e. The van der Waals surface area contributed by atoms with Crippen LogP contribution in [0.25, 0.3) is 0 Å². The van der Waals surface area contributed by atoms with Gasteiger partial charge in [0.2, 0.25) is 10.0 Å². The fourth-order valence-electron chi connectivity index (χ4n) is 2.43. The molecule has 0 fully saturated rings. The Bertz CT molecular complexity index is 1030. The summed E-state index contributed by atoms with van der Waals surface area (Å²) in [6.07, 6.45) is 0.130. The fraction of sp³-hybridized carbons (Fsp3) is 0.300. The van der Waals surface area contributed by atoms with Crippen LogP contribution in [-0.2, 0) is 24.3 Å². The van der Waals surface area contributed by atoms with Gasteiger partial charge < -0.3 is 0 Å². The van der Waals surface area contributed by atoms with Crippen LogP contribution in [0.2, 0.25) is 0 Å². The summed E-state index contributed by atoms with van der Waals surface area (Å²) in [4.78, 5) is 0.197. The van der Waals surface area contributed by atoms with E-state index in [9.17, 15) is 16.8 Å². The van der Waals surface area contributed by atoms with E-state index in [4.69, 9.17) is 4.18 Å². The molecule has 0 bridgehead atoms. The monoisotopic (exact) mass is 423 g/mol. The van der Waals surface area contributed by atoms with Gasteiger partial charge in [0.1, 0.15) is 0 Å². The highest BCUT2D eigenvalue weighted by Gasteiger charge is 2.22. The molecule has 152 valence electrons. The number of hydrogen-bond donors (Lipinski definition) is 1. The zero-order valence-corrected chi connectivity index (χ0v) is 17.8. The molecule has 1 N–H and O–H groups in total. The highest BCUT2D eigenvalue weighted by Crippen LogP contribution is 2.16. The predicted molar refractivity (Wildman–Crippen MR) is 109 cm³/mol. The molecule has 0 radical (unpaired) electrons. The molecule has 28 heavy (non-hydrogen) atoms. The van der Waals surface area contributed by atoms with Gasteiger partial charge in [0.25, 0.3) is 10.1 Å². The Balaban J connectivity index is 2.04. The average Bonchev–Trinajstić information content (AvgIpc) is 2.61. The molecule has 0 aliphatic heterocycles. The lowest BCUT2D eigenvalue weighted by Gasteiger charge is -2.19. The van der Waals surface area contributed by atoms with Gasteiger partial charge in [-0.2, -0.15) is 8.42 Å². The summed E-state index contributed by atoms with van der Waals surface area (Å²) >= 11 is 0. The minimum Gasteiger partial charge on any atom is -0.266 e. The quantitative estimate of drug-likeness (QED) is 0.494. The first kappa shape index (κ1) is 22.3. The van der Waals surface area contributed by atoms with E-state index < -0.39 is 26.2 Å². The van der Waals surface area contributed by atoms with Crippen molar-refractivity contribution in [2.24, 2.45) is 0 Å². The summed E-state index contributed by atoms with van der Waals surface area (Å²) in [5.41, 5.74) is 2.45. The number of nitrogens with one attached hydrogen (secondary N) is 1. The summed E-state index contributed by atoms with van der Waals surface area (Å²) in [5.74, 6) is 0. The first-order valence-corrected chi connectivity index (χ1v) is 11.6. The van der Waals surface area contributed by atoms with E-state index >= 15 is 0 Å². The van der Waals surface area contributed by atoms with Gasteiger partial charge in [-0.3, -0.25) is 4.18 Å². The molecule has 2 aromatic rings. The number of hydrogen-bond acceptors (Lipinski definition) is 5. The maximum Gasteiger partial charge on any atom is 0.296 e.